The van der Waals surface area contributed by atoms with Gasteiger partial charge >= 0.3 is 17.8 Å². The molecule has 0 unspecified atom stereocenters. The Labute approximate surface area is 157 Å². The quantitative estimate of drug-likeness (QED) is 0.511. The molecule has 0 aromatic heterocycles. The largest absolute Gasteiger partial charge is 0.497 e. The van der Waals surface area contributed by atoms with Gasteiger partial charge in [0, 0.05) is 13.1 Å². The van der Waals surface area contributed by atoms with Gasteiger partial charge in [0.1, 0.15) is 12.3 Å². The average Bonchev–Trinajstić information content (AvgIpc) is 3.46. The van der Waals surface area contributed by atoms with Crippen LogP contribution in [0.25, 0.3) is 0 Å². The molecule has 1 aromatic carbocycles. The number of amides is 5. The number of hydrogen-bond donors (Lipinski definition) is 0. The van der Waals surface area contributed by atoms with Gasteiger partial charge in [-0.25, -0.2) is 14.6 Å². The summed E-state index contributed by atoms with van der Waals surface area (Å²) in [5.41, 5.74) is 0.262. The molecule has 1 heterocycles. The SMILES string of the molecule is CCCN(CC1CC1)C(=O)CN1C(=O)C(=O)N(c2ccc(OC)cc2)C1=O. The van der Waals surface area contributed by atoms with Crippen LogP contribution in [0.5, 0.6) is 5.75 Å². The molecule has 5 amide bonds. The highest BCUT2D eigenvalue weighted by Gasteiger charge is 2.46. The Kier molecular flexibility index (Phi) is 5.43. The lowest BCUT2D eigenvalue weighted by atomic mass is 10.3. The van der Waals surface area contributed by atoms with Gasteiger partial charge < -0.3 is 9.64 Å². The zero-order valence-electron chi connectivity index (χ0n) is 15.5. The fraction of sp³-hybridized carbons (Fsp3) is 0.474. The molecule has 1 aliphatic carbocycles. The smallest absolute Gasteiger partial charge is 0.339 e. The summed E-state index contributed by atoms with van der Waals surface area (Å²) in [6.45, 7) is 2.76. The number of nitrogens with zero attached hydrogens (tertiary/aromatic N) is 3. The molecule has 27 heavy (non-hydrogen) atoms. The topological polar surface area (TPSA) is 87.2 Å². The first-order valence-corrected chi connectivity index (χ1v) is 9.08. The normalized spacial score (nSPS) is 16.9. The second-order valence-electron chi connectivity index (χ2n) is 6.80. The van der Waals surface area contributed by atoms with Crippen molar-refractivity contribution in [3.05, 3.63) is 24.3 Å². The van der Waals surface area contributed by atoms with Crippen LogP contribution in [-0.2, 0) is 14.4 Å². The predicted octanol–water partition coefficient (Wildman–Crippen LogP) is 1.64. The van der Waals surface area contributed by atoms with Crippen molar-refractivity contribution in [3.63, 3.8) is 0 Å². The van der Waals surface area contributed by atoms with Gasteiger partial charge in [-0.15, -0.1) is 0 Å². The monoisotopic (exact) mass is 373 g/mol. The molecule has 0 spiro atoms. The summed E-state index contributed by atoms with van der Waals surface area (Å²) in [7, 11) is 1.50. The highest BCUT2D eigenvalue weighted by molar-refractivity contribution is 6.53. The molecule has 0 radical (unpaired) electrons. The lowest BCUT2D eigenvalue weighted by molar-refractivity contribution is -0.142. The second-order valence-corrected chi connectivity index (χ2v) is 6.80. The molecule has 2 fully saturated rings. The fourth-order valence-corrected chi connectivity index (χ4v) is 3.04. The van der Waals surface area contributed by atoms with Crippen molar-refractivity contribution in [1.82, 2.24) is 9.80 Å². The lowest BCUT2D eigenvalue weighted by Crippen LogP contribution is -2.44. The van der Waals surface area contributed by atoms with E-state index in [9.17, 15) is 19.2 Å². The molecule has 8 nitrogen and oxygen atoms in total. The van der Waals surface area contributed by atoms with Gasteiger partial charge in [-0.05, 0) is 49.4 Å². The van der Waals surface area contributed by atoms with Crippen molar-refractivity contribution < 1.29 is 23.9 Å². The maximum Gasteiger partial charge on any atom is 0.339 e. The number of carbonyl (C=O) groups excluding carboxylic acids is 4. The third-order valence-corrected chi connectivity index (χ3v) is 4.70. The third-order valence-electron chi connectivity index (χ3n) is 4.70. The van der Waals surface area contributed by atoms with Crippen molar-refractivity contribution in [2.24, 2.45) is 5.92 Å². The van der Waals surface area contributed by atoms with E-state index < -0.39 is 24.4 Å². The van der Waals surface area contributed by atoms with E-state index >= 15 is 0 Å². The highest BCUT2D eigenvalue weighted by atomic mass is 16.5. The van der Waals surface area contributed by atoms with Crippen LogP contribution < -0.4 is 9.64 Å². The molecule has 1 saturated heterocycles. The lowest BCUT2D eigenvalue weighted by Gasteiger charge is -2.24. The number of hydrogen-bond acceptors (Lipinski definition) is 5. The van der Waals surface area contributed by atoms with Crippen molar-refractivity contribution in [2.75, 3.05) is 31.6 Å². The van der Waals surface area contributed by atoms with Gasteiger partial charge in [0.2, 0.25) is 5.91 Å². The molecule has 3 rings (SSSR count). The predicted molar refractivity (Wildman–Crippen MR) is 97.2 cm³/mol. The van der Waals surface area contributed by atoms with Crippen LogP contribution in [-0.4, -0.2) is 60.3 Å². The summed E-state index contributed by atoms with van der Waals surface area (Å²) < 4.78 is 5.05. The minimum Gasteiger partial charge on any atom is -0.497 e. The van der Waals surface area contributed by atoms with E-state index in [1.165, 1.54) is 19.2 Å². The average molecular weight is 373 g/mol. The summed E-state index contributed by atoms with van der Waals surface area (Å²) in [6, 6.07) is 5.42. The molecule has 1 aromatic rings. The molecule has 2 aliphatic rings. The van der Waals surface area contributed by atoms with Gasteiger partial charge in [0.15, 0.2) is 0 Å². The zero-order valence-corrected chi connectivity index (χ0v) is 15.5. The van der Waals surface area contributed by atoms with E-state index in [0.717, 1.165) is 29.1 Å². The number of benzene rings is 1. The number of urea groups is 1. The Bertz CT molecular complexity index is 757. The van der Waals surface area contributed by atoms with Crippen LogP contribution in [0, 0.1) is 5.92 Å². The first-order valence-electron chi connectivity index (χ1n) is 9.08. The summed E-state index contributed by atoms with van der Waals surface area (Å²) >= 11 is 0. The minimum atomic E-state index is -0.980. The molecule has 0 bridgehead atoms. The summed E-state index contributed by atoms with van der Waals surface area (Å²) in [5.74, 6) is -1.18. The summed E-state index contributed by atoms with van der Waals surface area (Å²) in [4.78, 5) is 53.0. The molecule has 0 atom stereocenters. The molecule has 0 N–H and O–H groups in total. The van der Waals surface area contributed by atoms with Crippen LogP contribution in [0.3, 0.4) is 0 Å². The fourth-order valence-electron chi connectivity index (χ4n) is 3.04. The highest BCUT2D eigenvalue weighted by Crippen LogP contribution is 2.30. The van der Waals surface area contributed by atoms with E-state index in [1.54, 1.807) is 17.0 Å². The van der Waals surface area contributed by atoms with Crippen LogP contribution in [0.15, 0.2) is 24.3 Å². The summed E-state index contributed by atoms with van der Waals surface area (Å²) in [5, 5.41) is 0. The zero-order chi connectivity index (χ0) is 19.6. The van der Waals surface area contributed by atoms with Crippen LogP contribution >= 0.6 is 0 Å². The molecular weight excluding hydrogens is 350 g/mol. The maximum absolute atomic E-state index is 12.6. The standard InChI is InChI=1S/C19H23N3O5/c1-3-10-20(11-13-4-5-13)16(23)12-21-17(24)18(25)22(19(21)26)14-6-8-15(27-2)9-7-14/h6-9,13H,3-5,10-12H2,1-2H3. The van der Waals surface area contributed by atoms with E-state index in [4.69, 9.17) is 4.74 Å². The van der Waals surface area contributed by atoms with Crippen LogP contribution in [0.2, 0.25) is 0 Å². The van der Waals surface area contributed by atoms with Crippen molar-refractivity contribution in [3.8, 4) is 5.75 Å². The Balaban J connectivity index is 1.73. The van der Waals surface area contributed by atoms with Crippen molar-refractivity contribution in [1.29, 1.82) is 0 Å². The minimum absolute atomic E-state index is 0.262. The van der Waals surface area contributed by atoms with Crippen molar-refractivity contribution >= 4 is 29.4 Å². The first-order chi connectivity index (χ1) is 13.0. The Morgan fingerprint density at radius 2 is 1.81 bits per heavy atom. The number of methoxy groups -OCH3 is 1. The van der Waals surface area contributed by atoms with Gasteiger partial charge in [-0.1, -0.05) is 6.92 Å². The second kappa shape index (κ2) is 7.77. The Hall–Kier alpha value is -2.90. The van der Waals surface area contributed by atoms with E-state index in [1.807, 2.05) is 6.92 Å². The van der Waals surface area contributed by atoms with Crippen LogP contribution in [0.1, 0.15) is 26.2 Å². The van der Waals surface area contributed by atoms with Gasteiger partial charge in [0.25, 0.3) is 0 Å². The van der Waals surface area contributed by atoms with Gasteiger partial charge in [-0.3, -0.25) is 14.4 Å². The van der Waals surface area contributed by atoms with Gasteiger partial charge in [0.05, 0.1) is 12.8 Å². The molecule has 1 saturated carbocycles. The molecule has 144 valence electrons. The van der Waals surface area contributed by atoms with Crippen molar-refractivity contribution in [2.45, 2.75) is 26.2 Å². The molecule has 8 heteroatoms. The Morgan fingerprint density at radius 1 is 1.15 bits per heavy atom. The number of carbonyl (C=O) groups is 4. The van der Waals surface area contributed by atoms with E-state index in [2.05, 4.69) is 0 Å². The Morgan fingerprint density at radius 3 is 2.37 bits per heavy atom. The van der Waals surface area contributed by atoms with Gasteiger partial charge in [-0.2, -0.15) is 0 Å². The molecule has 1 aliphatic heterocycles. The number of ether oxygens (including phenoxy) is 1. The number of rotatable bonds is 8. The molecular formula is C19H23N3O5. The maximum atomic E-state index is 12.6. The van der Waals surface area contributed by atoms with E-state index in [-0.39, 0.29) is 11.6 Å². The number of anilines is 1. The van der Waals surface area contributed by atoms with Crippen LogP contribution in [0.4, 0.5) is 10.5 Å². The number of imide groups is 2. The first kappa shape index (κ1) is 18.9. The summed E-state index contributed by atoms with van der Waals surface area (Å²) in [6.07, 6.45) is 2.98. The van der Waals surface area contributed by atoms with E-state index in [0.29, 0.717) is 24.8 Å². The third kappa shape index (κ3) is 3.94.